The molecule has 71 heavy (non-hydrogen) atoms. The fourth-order valence-corrected chi connectivity index (χ4v) is 8.55. The number of carboxylic acids is 1. The van der Waals surface area contributed by atoms with Gasteiger partial charge in [-0.25, -0.2) is 9.78 Å². The molecule has 0 saturated carbocycles. The van der Waals surface area contributed by atoms with Crippen LogP contribution in [0.25, 0.3) is 0 Å². The van der Waals surface area contributed by atoms with Crippen molar-refractivity contribution in [2.45, 2.75) is 140 Å². The number of thioether (sulfide) groups is 1. The van der Waals surface area contributed by atoms with E-state index in [2.05, 4.69) is 52.2 Å². The topological polar surface area (TPSA) is 358 Å². The second-order valence-corrected chi connectivity index (χ2v) is 21.2. The maximum Gasteiger partial charge on any atom is 0.326 e. The minimum Gasteiger partial charge on any atom is -0.508 e. The van der Waals surface area contributed by atoms with Gasteiger partial charge in [0.2, 0.25) is 41.4 Å². The van der Waals surface area contributed by atoms with Crippen molar-refractivity contribution in [2.75, 3.05) is 32.4 Å². The Hall–Kier alpha value is -6.43. The van der Waals surface area contributed by atoms with E-state index in [1.54, 1.807) is 33.0 Å². The van der Waals surface area contributed by atoms with Crippen molar-refractivity contribution in [1.82, 2.24) is 52.1 Å². The monoisotopic (exact) mass is 1010 g/mol. The zero-order valence-corrected chi connectivity index (χ0v) is 42.8. The molecular weight excluding hydrogens is 939 g/mol. The number of rotatable bonds is 28. The first kappa shape index (κ1) is 58.9. The van der Waals surface area contributed by atoms with Crippen LogP contribution >= 0.6 is 11.8 Å². The number of aromatic hydroxyl groups is 1. The fourth-order valence-electron chi connectivity index (χ4n) is 7.65. The van der Waals surface area contributed by atoms with Crippen LogP contribution in [0.3, 0.4) is 0 Å². The van der Waals surface area contributed by atoms with E-state index in [0.717, 1.165) is 0 Å². The Bertz CT molecular complexity index is 2130. The molecular formula is C47H75N13O10S. The number of benzene rings is 1. The lowest BCUT2D eigenvalue weighted by atomic mass is 10.00. The number of likely N-dealkylation sites (N-methyl/N-ethyl adjacent to an activating group) is 1. The van der Waals surface area contributed by atoms with Crippen LogP contribution < -0.4 is 48.7 Å². The number of carboxylic acid groups (broad SMARTS) is 1. The number of guanidine groups is 1. The summed E-state index contributed by atoms with van der Waals surface area (Å²) in [7, 11) is 1.57. The van der Waals surface area contributed by atoms with Gasteiger partial charge < -0.3 is 68.8 Å². The Balaban J connectivity index is 1.96. The highest BCUT2D eigenvalue weighted by Gasteiger charge is 2.40. The van der Waals surface area contributed by atoms with Crippen molar-refractivity contribution in [3.05, 3.63) is 48.0 Å². The molecule has 14 N–H and O–H groups in total. The number of phenols is 1. The van der Waals surface area contributed by atoms with E-state index in [9.17, 15) is 48.6 Å². The van der Waals surface area contributed by atoms with Crippen molar-refractivity contribution < 1.29 is 48.6 Å². The first-order chi connectivity index (χ1) is 33.4. The number of nitrogens with two attached hydrogens (primary N) is 2. The summed E-state index contributed by atoms with van der Waals surface area (Å²) in [5, 5.41) is 38.9. The Kier molecular flexibility index (Phi) is 23.6. The Morgan fingerprint density at radius 1 is 0.845 bits per heavy atom. The molecule has 1 fully saturated rings. The largest absolute Gasteiger partial charge is 0.508 e. The lowest BCUT2D eigenvalue weighted by Crippen LogP contribution is -2.61. The molecule has 0 aliphatic carbocycles. The van der Waals surface area contributed by atoms with Gasteiger partial charge in [0.25, 0.3) is 0 Å². The predicted molar refractivity (Wildman–Crippen MR) is 268 cm³/mol. The molecule has 1 saturated heterocycles. The highest BCUT2D eigenvalue weighted by atomic mass is 32.2. The third-order valence-electron chi connectivity index (χ3n) is 11.3. The molecule has 1 aromatic heterocycles. The molecule has 7 amide bonds. The van der Waals surface area contributed by atoms with Crippen molar-refractivity contribution in [3.63, 3.8) is 0 Å². The quantitative estimate of drug-likeness (QED) is 0.0288. The molecule has 0 unspecified atom stereocenters. The van der Waals surface area contributed by atoms with Crippen molar-refractivity contribution in [1.29, 1.82) is 0 Å². The molecule has 394 valence electrons. The minimum atomic E-state index is -1.36. The zero-order chi connectivity index (χ0) is 53.0. The Morgan fingerprint density at radius 2 is 1.48 bits per heavy atom. The van der Waals surface area contributed by atoms with Crippen molar-refractivity contribution >= 4 is 65.0 Å². The average molecular weight is 1010 g/mol. The number of aromatic amines is 1. The number of aliphatic imine (C=N–C) groups is 1. The SMILES string of the molecule is CNCC(=O)N[C@@H](CCCN=C(N)N)C(=O)N[C@H](C(=O)N[C@@H](Cc1ccc(O)cc1)C(=O)N[C@@H](CSC(C)(C)C)C(=O)N[C@@H](Cc1cnc[nH]1)C(=O)N1CCC[C@H]1C(=O)N[C@@H](CC(C)C)C(=O)O)C(C)C. The average Bonchev–Trinajstić information content (AvgIpc) is 4.00. The third kappa shape index (κ3) is 20.4. The zero-order valence-electron chi connectivity index (χ0n) is 42.0. The lowest BCUT2D eigenvalue weighted by Gasteiger charge is -2.31. The van der Waals surface area contributed by atoms with Gasteiger partial charge in [-0.15, -0.1) is 0 Å². The standard InChI is InChI=1S/C47H75N13O10S/c1-26(2)19-34(45(69)70)57-42(66)36-12-10-18-60(36)44(68)33(21-29-22-51-25-53-29)56-41(65)35(24-71-47(5,6)7)58-40(64)32(20-28-13-15-30(61)16-14-28)55-43(67)38(27(3)4)59-39(63)31(54-37(62)23-50-8)11-9-17-52-46(48)49/h13-16,22,25-27,31-36,38,50,61H,9-12,17-21,23-24H2,1-8H3,(H,51,53)(H,54,62)(H,55,67)(H,56,65)(H,57,66)(H,58,64)(H,59,63)(H,69,70)(H4,48,49,52)/t31-,32-,33-,34-,35-,36-,38-/m0/s1. The molecule has 1 aliphatic heterocycles. The number of hydrogen-bond acceptors (Lipinski definition) is 13. The number of likely N-dealkylation sites (tertiary alicyclic amines) is 1. The molecule has 23 nitrogen and oxygen atoms in total. The van der Waals surface area contributed by atoms with Crippen LogP contribution in [0.15, 0.2) is 41.8 Å². The maximum atomic E-state index is 14.6. The second kappa shape index (κ2) is 28.4. The van der Waals surface area contributed by atoms with Crippen LogP contribution in [0.5, 0.6) is 5.75 Å². The number of imidazole rings is 1. The van der Waals surface area contributed by atoms with E-state index in [0.29, 0.717) is 24.1 Å². The van der Waals surface area contributed by atoms with Crippen LogP contribution in [0.2, 0.25) is 0 Å². The number of H-pyrrole nitrogens is 1. The number of nitrogens with zero attached hydrogens (tertiary/aromatic N) is 3. The number of carbonyl (C=O) groups is 8. The van der Waals surface area contributed by atoms with Crippen molar-refractivity contribution in [2.24, 2.45) is 28.3 Å². The summed E-state index contributed by atoms with van der Waals surface area (Å²) < 4.78 is -0.411. The molecule has 1 aromatic carbocycles. The van der Waals surface area contributed by atoms with Gasteiger partial charge in [0.15, 0.2) is 5.96 Å². The summed E-state index contributed by atoms with van der Waals surface area (Å²) in [4.78, 5) is 122. The molecule has 2 heterocycles. The van der Waals surface area contributed by atoms with Crippen LogP contribution in [0.4, 0.5) is 0 Å². The number of aliphatic carboxylic acids is 1. The van der Waals surface area contributed by atoms with Gasteiger partial charge in [0, 0.05) is 48.3 Å². The number of amides is 7. The Morgan fingerprint density at radius 3 is 2.06 bits per heavy atom. The number of phenolic OH excluding ortho intramolecular Hbond substituents is 1. The van der Waals surface area contributed by atoms with Gasteiger partial charge in [-0.3, -0.25) is 38.6 Å². The first-order valence-corrected chi connectivity index (χ1v) is 24.8. The highest BCUT2D eigenvalue weighted by molar-refractivity contribution is 8.00. The van der Waals surface area contributed by atoms with E-state index in [4.69, 9.17) is 11.5 Å². The van der Waals surface area contributed by atoms with Gasteiger partial charge in [-0.2, -0.15) is 11.8 Å². The summed E-state index contributed by atoms with van der Waals surface area (Å²) in [6.45, 7) is 13.1. The second-order valence-electron chi connectivity index (χ2n) is 19.3. The fraction of sp³-hybridized carbons (Fsp3) is 0.617. The van der Waals surface area contributed by atoms with Crippen LogP contribution in [-0.2, 0) is 51.2 Å². The van der Waals surface area contributed by atoms with Crippen molar-refractivity contribution in [3.8, 4) is 5.75 Å². The normalized spacial score (nSPS) is 16.1. The van der Waals surface area contributed by atoms with Crippen LogP contribution in [-0.4, -0.2) is 158 Å². The number of hydrogen-bond donors (Lipinski definition) is 12. The third-order valence-corrected chi connectivity index (χ3v) is 12.6. The van der Waals surface area contributed by atoms with Gasteiger partial charge in [-0.05, 0) is 68.7 Å². The lowest BCUT2D eigenvalue weighted by molar-refractivity contribution is -0.145. The predicted octanol–water partition coefficient (Wildman–Crippen LogP) is -0.608. The number of carbonyl (C=O) groups excluding carboxylic acids is 7. The Labute approximate surface area is 419 Å². The highest BCUT2D eigenvalue weighted by Crippen LogP contribution is 2.25. The summed E-state index contributed by atoms with van der Waals surface area (Å²) in [5.74, 6) is -6.57. The minimum absolute atomic E-state index is 0.0155. The molecule has 3 rings (SSSR count). The van der Waals surface area contributed by atoms with E-state index >= 15 is 0 Å². The van der Waals surface area contributed by atoms with E-state index in [1.165, 1.54) is 41.3 Å². The molecule has 0 radical (unpaired) electrons. The molecule has 0 bridgehead atoms. The summed E-state index contributed by atoms with van der Waals surface area (Å²) in [6, 6.07) is -2.45. The van der Waals surface area contributed by atoms with Gasteiger partial charge in [0.1, 0.15) is 48.0 Å². The van der Waals surface area contributed by atoms with Crippen LogP contribution in [0, 0.1) is 11.8 Å². The molecule has 24 heteroatoms. The molecule has 0 spiro atoms. The van der Waals surface area contributed by atoms with E-state index in [-0.39, 0.29) is 75.1 Å². The smallest absolute Gasteiger partial charge is 0.326 e. The van der Waals surface area contributed by atoms with Gasteiger partial charge in [-0.1, -0.05) is 60.6 Å². The molecule has 2 aromatic rings. The molecule has 1 aliphatic rings. The van der Waals surface area contributed by atoms with E-state index < -0.39 is 100 Å². The number of nitrogens with one attached hydrogen (secondary N) is 8. The summed E-state index contributed by atoms with van der Waals surface area (Å²) in [5.41, 5.74) is 11.9. The number of aromatic nitrogens is 2. The summed E-state index contributed by atoms with van der Waals surface area (Å²) >= 11 is 1.36. The first-order valence-electron chi connectivity index (χ1n) is 23.8. The van der Waals surface area contributed by atoms with Gasteiger partial charge in [0.05, 0.1) is 12.9 Å². The molecule has 7 atom stereocenters. The van der Waals surface area contributed by atoms with Crippen LogP contribution in [0.1, 0.15) is 91.8 Å². The summed E-state index contributed by atoms with van der Waals surface area (Å²) in [6.07, 6.45) is 4.02. The maximum absolute atomic E-state index is 14.6. The van der Waals surface area contributed by atoms with Gasteiger partial charge >= 0.3 is 5.97 Å². The van der Waals surface area contributed by atoms with E-state index in [1.807, 2.05) is 34.6 Å².